The van der Waals surface area contributed by atoms with Crippen molar-refractivity contribution in [3.63, 3.8) is 0 Å². The third kappa shape index (κ3) is 2.81. The molecule has 5 heteroatoms. The van der Waals surface area contributed by atoms with Crippen LogP contribution >= 0.6 is 0 Å². The Morgan fingerprint density at radius 3 is 2.60 bits per heavy atom. The molecule has 114 valence electrons. The van der Waals surface area contributed by atoms with Gasteiger partial charge in [0.1, 0.15) is 11.6 Å². The molecule has 0 radical (unpaired) electrons. The van der Waals surface area contributed by atoms with Gasteiger partial charge in [-0.15, -0.1) is 0 Å². The van der Waals surface area contributed by atoms with E-state index in [1.807, 2.05) is 6.92 Å². The second kappa shape index (κ2) is 6.55. The number of rotatable bonds is 5. The molecule has 0 aromatic heterocycles. The molecule has 1 atom stereocenters. The number of carbonyl (C=O) groups excluding carboxylic acids is 2. The Bertz CT molecular complexity index is 367. The fourth-order valence-corrected chi connectivity index (χ4v) is 3.47. The van der Waals surface area contributed by atoms with E-state index in [2.05, 4.69) is 5.32 Å². The Morgan fingerprint density at radius 1 is 1.30 bits per heavy atom. The molecule has 2 amide bonds. The Kier molecular flexibility index (Phi) is 5.00. The molecule has 1 aliphatic heterocycles. The van der Waals surface area contributed by atoms with Crippen molar-refractivity contribution in [3.8, 4) is 0 Å². The summed E-state index contributed by atoms with van der Waals surface area (Å²) in [5.74, 6) is -0.0316. The number of piperazine rings is 1. The van der Waals surface area contributed by atoms with E-state index in [4.69, 9.17) is 0 Å². The van der Waals surface area contributed by atoms with Gasteiger partial charge in [0.05, 0.1) is 6.67 Å². The largest absolute Gasteiger partial charge is 0.340 e. The average Bonchev–Trinajstić information content (AvgIpc) is 2.45. The summed E-state index contributed by atoms with van der Waals surface area (Å²) in [5.41, 5.74) is -0.699. The lowest BCUT2D eigenvalue weighted by atomic mass is 9.78. The molecular weight excluding hydrogens is 259 g/mol. The van der Waals surface area contributed by atoms with Crippen molar-refractivity contribution in [2.24, 2.45) is 0 Å². The van der Waals surface area contributed by atoms with Crippen molar-refractivity contribution in [2.45, 2.75) is 69.9 Å². The lowest BCUT2D eigenvalue weighted by molar-refractivity contribution is -0.157. The molecule has 1 heterocycles. The Labute approximate surface area is 120 Å². The molecule has 2 rings (SSSR count). The third-order valence-electron chi connectivity index (χ3n) is 4.51. The number of hydrogen-bond acceptors (Lipinski definition) is 2. The molecule has 1 saturated carbocycles. The fourth-order valence-electron chi connectivity index (χ4n) is 3.47. The zero-order valence-electron chi connectivity index (χ0n) is 12.3. The minimum atomic E-state index is -0.699. The monoisotopic (exact) mass is 284 g/mol. The van der Waals surface area contributed by atoms with E-state index in [-0.39, 0.29) is 11.8 Å². The van der Waals surface area contributed by atoms with Crippen LogP contribution in [0.2, 0.25) is 0 Å². The van der Waals surface area contributed by atoms with Crippen LogP contribution in [0.5, 0.6) is 0 Å². The normalized spacial score (nSPS) is 25.9. The number of carbonyl (C=O) groups is 2. The second-order valence-corrected chi connectivity index (χ2v) is 5.98. The van der Waals surface area contributed by atoms with Crippen LogP contribution in [0.15, 0.2) is 0 Å². The highest BCUT2D eigenvalue weighted by Gasteiger charge is 2.50. The third-order valence-corrected chi connectivity index (χ3v) is 4.51. The van der Waals surface area contributed by atoms with Crippen LogP contribution in [-0.2, 0) is 9.59 Å². The zero-order valence-corrected chi connectivity index (χ0v) is 12.3. The van der Waals surface area contributed by atoms with Crippen LogP contribution in [0.25, 0.3) is 0 Å². The molecule has 4 nitrogen and oxygen atoms in total. The molecule has 1 unspecified atom stereocenters. The number of nitrogens with zero attached hydrogens (tertiary/aromatic N) is 1. The Balaban J connectivity index is 2.20. The van der Waals surface area contributed by atoms with Gasteiger partial charge in [0.15, 0.2) is 0 Å². The quantitative estimate of drug-likeness (QED) is 0.841. The molecule has 1 spiro atoms. The maximum atomic E-state index is 12.8. The van der Waals surface area contributed by atoms with Gasteiger partial charge in [-0.3, -0.25) is 14.0 Å². The average molecular weight is 284 g/mol. The summed E-state index contributed by atoms with van der Waals surface area (Å²) < 4.78 is 12.5. The lowest BCUT2D eigenvalue weighted by Crippen LogP contribution is -2.70. The summed E-state index contributed by atoms with van der Waals surface area (Å²) in [7, 11) is 0. The van der Waals surface area contributed by atoms with Crippen molar-refractivity contribution in [2.75, 3.05) is 13.2 Å². The van der Waals surface area contributed by atoms with Crippen LogP contribution in [0.3, 0.4) is 0 Å². The van der Waals surface area contributed by atoms with Crippen molar-refractivity contribution in [3.05, 3.63) is 0 Å². The first-order chi connectivity index (χ1) is 9.64. The SMILES string of the molecule is CCCC1C(=O)NC2(CCCCC2)C(=O)N1CCCF. The van der Waals surface area contributed by atoms with Crippen LogP contribution in [-0.4, -0.2) is 41.5 Å². The van der Waals surface area contributed by atoms with E-state index in [1.54, 1.807) is 4.90 Å². The second-order valence-electron chi connectivity index (χ2n) is 5.98. The first kappa shape index (κ1) is 15.3. The molecule has 1 aliphatic carbocycles. The first-order valence-corrected chi connectivity index (χ1v) is 7.83. The topological polar surface area (TPSA) is 49.4 Å². The van der Waals surface area contributed by atoms with E-state index < -0.39 is 18.3 Å². The van der Waals surface area contributed by atoms with Crippen LogP contribution in [0.4, 0.5) is 4.39 Å². The number of nitrogens with one attached hydrogen (secondary N) is 1. The number of hydrogen-bond donors (Lipinski definition) is 1. The van der Waals surface area contributed by atoms with E-state index in [0.29, 0.717) is 19.4 Å². The highest BCUT2D eigenvalue weighted by Crippen LogP contribution is 2.34. The van der Waals surface area contributed by atoms with Crippen LogP contribution < -0.4 is 5.32 Å². The van der Waals surface area contributed by atoms with Gasteiger partial charge in [0.25, 0.3) is 0 Å². The predicted molar refractivity (Wildman–Crippen MR) is 75.0 cm³/mol. The molecule has 20 heavy (non-hydrogen) atoms. The minimum absolute atomic E-state index is 0.0173. The van der Waals surface area contributed by atoms with Gasteiger partial charge in [-0.2, -0.15) is 0 Å². The highest BCUT2D eigenvalue weighted by molar-refractivity contribution is 5.99. The molecule has 0 aromatic carbocycles. The molecule has 2 aliphatic rings. The molecular formula is C15H25FN2O2. The summed E-state index contributed by atoms with van der Waals surface area (Å²) in [6, 6.07) is -0.411. The summed E-state index contributed by atoms with van der Waals surface area (Å²) in [6.45, 7) is 1.91. The first-order valence-electron chi connectivity index (χ1n) is 7.83. The van der Waals surface area contributed by atoms with Crippen LogP contribution in [0, 0.1) is 0 Å². The summed E-state index contributed by atoms with van der Waals surface area (Å²) in [4.78, 5) is 26.9. The lowest BCUT2D eigenvalue weighted by Gasteiger charge is -2.47. The van der Waals surface area contributed by atoms with Gasteiger partial charge >= 0.3 is 0 Å². The smallest absolute Gasteiger partial charge is 0.249 e. The maximum Gasteiger partial charge on any atom is 0.249 e. The molecule has 0 bridgehead atoms. The fraction of sp³-hybridized carbons (Fsp3) is 0.867. The summed E-state index contributed by atoms with van der Waals surface area (Å²) in [6.07, 6.45) is 6.32. The van der Waals surface area contributed by atoms with Gasteiger partial charge in [-0.25, -0.2) is 0 Å². The standard InChI is InChI=1S/C15H25FN2O2/c1-2-7-12-13(19)17-15(8-4-3-5-9-15)14(20)18(12)11-6-10-16/h12H,2-11H2,1H3,(H,17,19). The van der Waals surface area contributed by atoms with Crippen molar-refractivity contribution >= 4 is 11.8 Å². The van der Waals surface area contributed by atoms with Gasteiger partial charge in [0, 0.05) is 6.54 Å². The van der Waals surface area contributed by atoms with E-state index >= 15 is 0 Å². The van der Waals surface area contributed by atoms with Crippen molar-refractivity contribution in [1.82, 2.24) is 10.2 Å². The molecule has 2 fully saturated rings. The zero-order chi connectivity index (χ0) is 14.6. The van der Waals surface area contributed by atoms with E-state index in [0.717, 1.165) is 38.5 Å². The number of amides is 2. The van der Waals surface area contributed by atoms with E-state index in [1.165, 1.54) is 0 Å². The Morgan fingerprint density at radius 2 is 2.00 bits per heavy atom. The molecule has 1 N–H and O–H groups in total. The van der Waals surface area contributed by atoms with Gasteiger partial charge < -0.3 is 10.2 Å². The van der Waals surface area contributed by atoms with E-state index in [9.17, 15) is 14.0 Å². The number of halogens is 1. The maximum absolute atomic E-state index is 12.8. The van der Waals surface area contributed by atoms with Gasteiger partial charge in [0.2, 0.25) is 11.8 Å². The van der Waals surface area contributed by atoms with Crippen molar-refractivity contribution < 1.29 is 14.0 Å². The van der Waals surface area contributed by atoms with Gasteiger partial charge in [-0.1, -0.05) is 32.6 Å². The number of alkyl halides is 1. The molecule has 1 saturated heterocycles. The minimum Gasteiger partial charge on any atom is -0.340 e. The molecule has 0 aromatic rings. The van der Waals surface area contributed by atoms with Gasteiger partial charge in [-0.05, 0) is 25.7 Å². The van der Waals surface area contributed by atoms with Crippen molar-refractivity contribution in [1.29, 1.82) is 0 Å². The Hall–Kier alpha value is -1.13. The summed E-state index contributed by atoms with van der Waals surface area (Å²) >= 11 is 0. The summed E-state index contributed by atoms with van der Waals surface area (Å²) in [5, 5.41) is 3.00. The predicted octanol–water partition coefficient (Wildman–Crippen LogP) is 2.18. The van der Waals surface area contributed by atoms with Crippen LogP contribution in [0.1, 0.15) is 58.3 Å². The highest BCUT2D eigenvalue weighted by atomic mass is 19.1.